The zero-order valence-electron chi connectivity index (χ0n) is 22.0. The van der Waals surface area contributed by atoms with E-state index in [2.05, 4.69) is 78.9 Å². The Morgan fingerprint density at radius 1 is 0.341 bits per heavy atom. The molecule has 8 aromatic rings. The summed E-state index contributed by atoms with van der Waals surface area (Å²) in [7, 11) is 0. The first-order valence-corrected chi connectivity index (χ1v) is 16.0. The van der Waals surface area contributed by atoms with Gasteiger partial charge in [0.25, 0.3) is 0 Å². The van der Waals surface area contributed by atoms with E-state index in [1.54, 1.807) is 0 Å². The Morgan fingerprint density at radius 3 is 1.54 bits per heavy atom. The average molecular weight is 637 g/mol. The number of benzene rings is 6. The molecule has 192 valence electrons. The van der Waals surface area contributed by atoms with E-state index < -0.39 is 0 Å². The Morgan fingerprint density at radius 2 is 0.854 bits per heavy atom. The molecule has 2 heterocycles. The third kappa shape index (κ3) is 4.33. The molecule has 2 aromatic heterocycles. The van der Waals surface area contributed by atoms with E-state index in [0.717, 1.165) is 22.1 Å². The number of nitrogens with zero attached hydrogens (tertiary/aromatic N) is 3. The SMILES string of the molecule is c1ccc(-c2nc(-c3ccccc3)nc(-c3ccc(-c4ccc5[te]c6ccccc6c5c4)c4ccccc34)n2)cc1. The summed E-state index contributed by atoms with van der Waals surface area (Å²) in [6.45, 7) is 0. The molecular weight excluding hydrogens is 614 g/mol. The van der Waals surface area contributed by atoms with Gasteiger partial charge in [0.05, 0.1) is 0 Å². The van der Waals surface area contributed by atoms with Gasteiger partial charge in [-0.15, -0.1) is 0 Å². The standard InChI is InChI=1S/C37H23N3Te/c1-3-11-24(12-4-1)35-38-36(25-13-5-2-6-14-25)40-37(39-35)31-21-20-27(28-15-7-8-16-29(28)31)26-19-22-34-32(23-26)30-17-9-10-18-33(30)41-34/h1-23H. The number of fused-ring (bicyclic) bond motifs is 4. The summed E-state index contributed by atoms with van der Waals surface area (Å²) in [4.78, 5) is 14.9. The van der Waals surface area contributed by atoms with Gasteiger partial charge in [-0.3, -0.25) is 0 Å². The fourth-order valence-corrected chi connectivity index (χ4v) is 8.67. The summed E-state index contributed by atoms with van der Waals surface area (Å²) < 4.78 is 3.05. The van der Waals surface area contributed by atoms with Crippen molar-refractivity contribution in [3.8, 4) is 45.3 Å². The maximum Gasteiger partial charge on any atom is -0.0512 e. The van der Waals surface area contributed by atoms with E-state index >= 15 is 0 Å². The van der Waals surface area contributed by atoms with Crippen molar-refractivity contribution in [3.05, 3.63) is 140 Å². The predicted octanol–water partition coefficient (Wildman–Crippen LogP) is 9.06. The van der Waals surface area contributed by atoms with E-state index in [-0.39, 0.29) is 20.4 Å². The third-order valence-corrected chi connectivity index (χ3v) is 10.8. The summed E-state index contributed by atoms with van der Waals surface area (Å²) in [5.41, 5.74) is 5.39. The first-order chi connectivity index (χ1) is 20.3. The van der Waals surface area contributed by atoms with E-state index in [9.17, 15) is 0 Å². The molecule has 0 spiro atoms. The molecular formula is C37H23N3Te. The number of hydrogen-bond donors (Lipinski definition) is 0. The minimum Gasteiger partial charge on any atom is -0.0615 e. The normalized spacial score (nSPS) is 11.4. The van der Waals surface area contributed by atoms with Crippen LogP contribution in [0, 0.1) is 0 Å². The van der Waals surface area contributed by atoms with Gasteiger partial charge in [0.15, 0.2) is 0 Å². The van der Waals surface area contributed by atoms with Crippen molar-refractivity contribution in [2.24, 2.45) is 0 Å². The van der Waals surface area contributed by atoms with E-state index in [1.807, 2.05) is 60.7 Å². The first kappa shape index (κ1) is 24.2. The van der Waals surface area contributed by atoms with Crippen LogP contribution >= 0.6 is 0 Å². The molecule has 0 saturated carbocycles. The van der Waals surface area contributed by atoms with Crippen LogP contribution in [-0.4, -0.2) is 35.4 Å². The smallest absolute Gasteiger partial charge is 0.0512 e. The summed E-state index contributed by atoms with van der Waals surface area (Å²) in [6.07, 6.45) is 0. The van der Waals surface area contributed by atoms with Crippen LogP contribution in [0.1, 0.15) is 0 Å². The maximum absolute atomic E-state index is 5.01. The van der Waals surface area contributed by atoms with Crippen LogP contribution in [0.3, 0.4) is 0 Å². The predicted molar refractivity (Wildman–Crippen MR) is 171 cm³/mol. The molecule has 0 saturated heterocycles. The Labute approximate surface area is 247 Å². The monoisotopic (exact) mass is 639 g/mol. The molecule has 0 atom stereocenters. The Balaban J connectivity index is 1.33. The molecule has 0 bridgehead atoms. The van der Waals surface area contributed by atoms with Crippen LogP contribution in [0.2, 0.25) is 0 Å². The van der Waals surface area contributed by atoms with E-state index in [0.29, 0.717) is 17.5 Å². The van der Waals surface area contributed by atoms with E-state index in [1.165, 1.54) is 34.1 Å². The number of hydrogen-bond acceptors (Lipinski definition) is 3. The van der Waals surface area contributed by atoms with Crippen molar-refractivity contribution in [2.45, 2.75) is 0 Å². The van der Waals surface area contributed by atoms with Crippen molar-refractivity contribution in [1.82, 2.24) is 15.0 Å². The molecule has 0 unspecified atom stereocenters. The second kappa shape index (κ2) is 10.1. The molecule has 41 heavy (non-hydrogen) atoms. The van der Waals surface area contributed by atoms with Gasteiger partial charge in [0.2, 0.25) is 0 Å². The molecule has 0 fully saturated rings. The quantitative estimate of drug-likeness (QED) is 0.181. The summed E-state index contributed by atoms with van der Waals surface area (Å²) in [5.74, 6) is 2.02. The molecule has 0 aliphatic rings. The second-order valence-electron chi connectivity index (χ2n) is 10.1. The number of rotatable bonds is 4. The molecule has 4 heteroatoms. The van der Waals surface area contributed by atoms with Crippen molar-refractivity contribution in [3.63, 3.8) is 0 Å². The van der Waals surface area contributed by atoms with E-state index in [4.69, 9.17) is 15.0 Å². The molecule has 0 radical (unpaired) electrons. The van der Waals surface area contributed by atoms with Crippen LogP contribution in [0.15, 0.2) is 140 Å². The molecule has 0 aliphatic heterocycles. The molecule has 0 amide bonds. The topological polar surface area (TPSA) is 38.7 Å². The zero-order chi connectivity index (χ0) is 27.2. The summed E-state index contributed by atoms with van der Waals surface area (Å²) >= 11 is -0.323. The molecule has 0 N–H and O–H groups in total. The van der Waals surface area contributed by atoms with Crippen LogP contribution in [0.25, 0.3) is 73.6 Å². The molecule has 0 aliphatic carbocycles. The van der Waals surface area contributed by atoms with Crippen LogP contribution in [0.4, 0.5) is 0 Å². The van der Waals surface area contributed by atoms with Crippen LogP contribution < -0.4 is 0 Å². The molecule has 8 rings (SSSR count). The van der Waals surface area contributed by atoms with Crippen LogP contribution in [0.5, 0.6) is 0 Å². The van der Waals surface area contributed by atoms with Gasteiger partial charge in [0.1, 0.15) is 0 Å². The van der Waals surface area contributed by atoms with Gasteiger partial charge in [-0.1, -0.05) is 60.7 Å². The minimum atomic E-state index is -0.323. The van der Waals surface area contributed by atoms with Gasteiger partial charge in [-0.05, 0) is 0 Å². The van der Waals surface area contributed by atoms with Crippen molar-refractivity contribution < 1.29 is 0 Å². The summed E-state index contributed by atoms with van der Waals surface area (Å²) in [5, 5.41) is 5.12. The fraction of sp³-hybridized carbons (Fsp3) is 0. The Bertz CT molecular complexity index is 2140. The van der Waals surface area contributed by atoms with Crippen molar-refractivity contribution in [2.75, 3.05) is 0 Å². The summed E-state index contributed by atoms with van der Waals surface area (Å²) in [6, 6.07) is 49.2. The van der Waals surface area contributed by atoms with Gasteiger partial charge < -0.3 is 0 Å². The van der Waals surface area contributed by atoms with Gasteiger partial charge in [-0.2, -0.15) is 0 Å². The molecule has 6 aromatic carbocycles. The van der Waals surface area contributed by atoms with Crippen LogP contribution in [-0.2, 0) is 0 Å². The largest absolute Gasteiger partial charge is 0.0615 e. The van der Waals surface area contributed by atoms with Crippen molar-refractivity contribution >= 4 is 48.8 Å². The Hall–Kier alpha value is -4.62. The maximum atomic E-state index is 5.01. The zero-order valence-corrected chi connectivity index (χ0v) is 24.4. The van der Waals surface area contributed by atoms with Gasteiger partial charge in [-0.25, -0.2) is 0 Å². The third-order valence-electron chi connectivity index (χ3n) is 7.55. The van der Waals surface area contributed by atoms with Crippen molar-refractivity contribution in [1.29, 1.82) is 0 Å². The average Bonchev–Trinajstić information content (AvgIpc) is 3.43. The minimum absolute atomic E-state index is 0.323. The Kier molecular flexibility index (Phi) is 5.95. The number of aromatic nitrogens is 3. The van der Waals surface area contributed by atoms with Gasteiger partial charge >= 0.3 is 188 Å². The fourth-order valence-electron chi connectivity index (χ4n) is 5.57. The molecule has 3 nitrogen and oxygen atoms in total. The van der Waals surface area contributed by atoms with Gasteiger partial charge in [0, 0.05) is 0 Å². The second-order valence-corrected chi connectivity index (χ2v) is 13.1. The first-order valence-electron chi connectivity index (χ1n) is 13.6.